The maximum absolute atomic E-state index is 10.6. The van der Waals surface area contributed by atoms with Crippen LogP contribution in [-0.2, 0) is 0 Å². The van der Waals surface area contributed by atoms with Crippen molar-refractivity contribution in [3.05, 3.63) is 34.5 Å². The van der Waals surface area contributed by atoms with E-state index in [1.54, 1.807) is 19.1 Å². The van der Waals surface area contributed by atoms with Gasteiger partial charge in [0.2, 0.25) is 0 Å². The van der Waals surface area contributed by atoms with Gasteiger partial charge in [-0.15, -0.1) is 0 Å². The van der Waals surface area contributed by atoms with E-state index in [2.05, 4.69) is 0 Å². The van der Waals surface area contributed by atoms with E-state index in [4.69, 9.17) is 10.5 Å². The van der Waals surface area contributed by atoms with Crippen molar-refractivity contribution in [2.45, 2.75) is 6.92 Å². The Morgan fingerprint density at radius 1 is 1.58 bits per heavy atom. The van der Waals surface area contributed by atoms with Crippen LogP contribution >= 0.6 is 0 Å². The van der Waals surface area contributed by atoms with Crippen molar-refractivity contribution < 1.29 is 10.4 Å². The molecule has 1 aromatic carbocycles. The minimum atomic E-state index is -0.996. The molecular weight excluding hydrogens is 156 g/mol. The Hall–Kier alpha value is -1.41. The van der Waals surface area contributed by atoms with E-state index in [9.17, 15) is 5.21 Å². The van der Waals surface area contributed by atoms with Crippen LogP contribution in [0.5, 0.6) is 0 Å². The SMILES string of the molecule is Cc1ccc(C#N)cc1[NH+]([O-])O. The predicted molar refractivity (Wildman–Crippen MR) is 41.7 cm³/mol. The van der Waals surface area contributed by atoms with Crippen LogP contribution in [0.25, 0.3) is 0 Å². The highest BCUT2D eigenvalue weighted by atomic mass is 16.8. The van der Waals surface area contributed by atoms with Gasteiger partial charge in [-0.3, -0.25) is 0 Å². The molecule has 4 nitrogen and oxygen atoms in total. The molecule has 1 atom stereocenters. The molecule has 0 amide bonds. The largest absolute Gasteiger partial charge is 0.595 e. The zero-order valence-corrected chi connectivity index (χ0v) is 6.53. The van der Waals surface area contributed by atoms with Gasteiger partial charge in [-0.2, -0.15) is 10.5 Å². The molecule has 0 fully saturated rings. The molecule has 0 aliphatic carbocycles. The molecule has 4 heteroatoms. The fourth-order valence-corrected chi connectivity index (χ4v) is 0.922. The van der Waals surface area contributed by atoms with Crippen LogP contribution in [0.2, 0.25) is 0 Å². The number of quaternary nitrogens is 1. The van der Waals surface area contributed by atoms with Crippen LogP contribution in [-0.4, -0.2) is 5.21 Å². The smallest absolute Gasteiger partial charge is 0.168 e. The quantitative estimate of drug-likeness (QED) is 0.585. The van der Waals surface area contributed by atoms with Gasteiger partial charge < -0.3 is 5.21 Å². The average Bonchev–Trinajstić information content (AvgIpc) is 2.05. The third-order valence-corrected chi connectivity index (χ3v) is 1.60. The summed E-state index contributed by atoms with van der Waals surface area (Å²) in [5.41, 5.74) is 1.23. The number of aryl methyl sites for hydroxylation is 1. The first-order valence-corrected chi connectivity index (χ1v) is 3.39. The lowest BCUT2D eigenvalue weighted by atomic mass is 10.1. The topological polar surface area (TPSA) is 71.5 Å². The number of benzene rings is 1. The van der Waals surface area contributed by atoms with Gasteiger partial charge in [0.25, 0.3) is 0 Å². The van der Waals surface area contributed by atoms with Crippen molar-refractivity contribution in [1.82, 2.24) is 0 Å². The molecule has 12 heavy (non-hydrogen) atoms. The summed E-state index contributed by atoms with van der Waals surface area (Å²) in [5, 5.41) is 26.8. The standard InChI is InChI=1S/C8H8N2O2/c1-6-2-3-7(5-9)4-8(6)10(11)12/h2-4,10-11H,1H3. The van der Waals surface area contributed by atoms with E-state index in [1.165, 1.54) is 6.07 Å². The number of hydrogen-bond donors (Lipinski definition) is 2. The first kappa shape index (κ1) is 8.68. The zero-order chi connectivity index (χ0) is 9.14. The van der Waals surface area contributed by atoms with Gasteiger partial charge in [0.1, 0.15) is 0 Å². The van der Waals surface area contributed by atoms with Crippen LogP contribution in [0.1, 0.15) is 11.1 Å². The Labute approximate surface area is 69.8 Å². The second-order valence-corrected chi connectivity index (χ2v) is 2.45. The van der Waals surface area contributed by atoms with E-state index in [0.29, 0.717) is 11.1 Å². The molecule has 2 N–H and O–H groups in total. The molecule has 1 aromatic rings. The summed E-state index contributed by atoms with van der Waals surface area (Å²) >= 11 is 0. The molecule has 62 valence electrons. The van der Waals surface area contributed by atoms with Crippen molar-refractivity contribution >= 4 is 5.69 Å². The van der Waals surface area contributed by atoms with Gasteiger partial charge in [0.05, 0.1) is 11.6 Å². The second-order valence-electron chi connectivity index (χ2n) is 2.45. The summed E-state index contributed by atoms with van der Waals surface area (Å²) in [6.07, 6.45) is 0. The monoisotopic (exact) mass is 164 g/mol. The molecule has 0 bridgehead atoms. The summed E-state index contributed by atoms with van der Waals surface area (Å²) in [4.78, 5) is 0. The molecule has 0 saturated heterocycles. The van der Waals surface area contributed by atoms with Crippen molar-refractivity contribution in [3.8, 4) is 6.07 Å². The van der Waals surface area contributed by atoms with E-state index >= 15 is 0 Å². The Balaban J connectivity index is 3.19. The van der Waals surface area contributed by atoms with Crippen molar-refractivity contribution in [2.75, 3.05) is 0 Å². The fourth-order valence-electron chi connectivity index (χ4n) is 0.922. The molecule has 0 spiro atoms. The first-order chi connectivity index (χ1) is 5.65. The number of hydrogen-bond acceptors (Lipinski definition) is 3. The zero-order valence-electron chi connectivity index (χ0n) is 6.53. The molecule has 0 aromatic heterocycles. The highest BCUT2D eigenvalue weighted by molar-refractivity contribution is 5.45. The fraction of sp³-hybridized carbons (Fsp3) is 0.125. The van der Waals surface area contributed by atoms with Crippen LogP contribution in [0.15, 0.2) is 18.2 Å². The molecule has 0 aliphatic heterocycles. The Morgan fingerprint density at radius 3 is 2.75 bits per heavy atom. The second kappa shape index (κ2) is 3.32. The molecule has 1 rings (SSSR count). The molecular formula is C8H8N2O2. The predicted octanol–water partition coefficient (Wildman–Crippen LogP) is 0.270. The lowest BCUT2D eigenvalue weighted by molar-refractivity contribution is -0.991. The van der Waals surface area contributed by atoms with E-state index in [0.717, 1.165) is 0 Å². The van der Waals surface area contributed by atoms with Gasteiger partial charge in [0, 0.05) is 11.6 Å². The van der Waals surface area contributed by atoms with E-state index in [-0.39, 0.29) is 5.69 Å². The lowest BCUT2D eigenvalue weighted by Gasteiger charge is -2.13. The molecule has 0 radical (unpaired) electrons. The molecule has 1 unspecified atom stereocenters. The maximum atomic E-state index is 10.6. The molecule has 0 saturated carbocycles. The Bertz CT molecular complexity index is 328. The average molecular weight is 164 g/mol. The number of nitrogens with one attached hydrogen (secondary N) is 1. The van der Waals surface area contributed by atoms with Gasteiger partial charge in [-0.1, -0.05) is 6.07 Å². The van der Waals surface area contributed by atoms with Crippen LogP contribution in [0.4, 0.5) is 5.69 Å². The number of nitriles is 1. The highest BCUT2D eigenvalue weighted by Gasteiger charge is 2.05. The lowest BCUT2D eigenvalue weighted by Crippen LogP contribution is -2.99. The van der Waals surface area contributed by atoms with E-state index < -0.39 is 5.23 Å². The minimum absolute atomic E-state index is 0.189. The van der Waals surface area contributed by atoms with Crippen LogP contribution in [0, 0.1) is 23.5 Å². The van der Waals surface area contributed by atoms with Crippen molar-refractivity contribution in [2.24, 2.45) is 0 Å². The summed E-state index contributed by atoms with van der Waals surface area (Å²) in [6.45, 7) is 1.70. The summed E-state index contributed by atoms with van der Waals surface area (Å²) in [7, 11) is 0. The van der Waals surface area contributed by atoms with Gasteiger partial charge in [-0.25, -0.2) is 5.21 Å². The van der Waals surface area contributed by atoms with Gasteiger partial charge in [0.15, 0.2) is 5.69 Å². The third-order valence-electron chi connectivity index (χ3n) is 1.60. The summed E-state index contributed by atoms with van der Waals surface area (Å²) in [5.74, 6) is 0. The Kier molecular flexibility index (Phi) is 2.41. The number of rotatable bonds is 1. The molecule has 0 aliphatic rings. The minimum Gasteiger partial charge on any atom is -0.595 e. The van der Waals surface area contributed by atoms with Crippen molar-refractivity contribution in [1.29, 1.82) is 5.26 Å². The highest BCUT2D eigenvalue weighted by Crippen LogP contribution is 2.11. The number of nitrogens with zero attached hydrogens (tertiary/aromatic N) is 1. The Morgan fingerprint density at radius 2 is 2.25 bits per heavy atom. The van der Waals surface area contributed by atoms with Crippen LogP contribution < -0.4 is 5.23 Å². The third kappa shape index (κ3) is 1.60. The van der Waals surface area contributed by atoms with Crippen molar-refractivity contribution in [3.63, 3.8) is 0 Å². The van der Waals surface area contributed by atoms with Crippen LogP contribution in [0.3, 0.4) is 0 Å². The first-order valence-electron chi connectivity index (χ1n) is 3.39. The molecule has 0 heterocycles. The van der Waals surface area contributed by atoms with E-state index in [1.807, 2.05) is 6.07 Å². The summed E-state index contributed by atoms with van der Waals surface area (Å²) < 4.78 is 0. The summed E-state index contributed by atoms with van der Waals surface area (Å²) in [6, 6.07) is 6.48. The normalized spacial score (nSPS) is 12.2. The van der Waals surface area contributed by atoms with Gasteiger partial charge >= 0.3 is 0 Å². The maximum Gasteiger partial charge on any atom is 0.168 e. The van der Waals surface area contributed by atoms with Gasteiger partial charge in [-0.05, 0) is 13.0 Å².